The summed E-state index contributed by atoms with van der Waals surface area (Å²) in [6.07, 6.45) is 1.50. The van der Waals surface area contributed by atoms with E-state index in [4.69, 9.17) is 4.74 Å². The van der Waals surface area contributed by atoms with Crippen LogP contribution in [0.2, 0.25) is 0 Å². The summed E-state index contributed by atoms with van der Waals surface area (Å²) in [5.41, 5.74) is 0.669. The minimum Gasteiger partial charge on any atom is -0.444 e. The lowest BCUT2D eigenvalue weighted by Gasteiger charge is -2.46. The molecule has 2 bridgehead atoms. The van der Waals surface area contributed by atoms with Gasteiger partial charge in [0, 0.05) is 19.1 Å². The number of piperazine rings is 1. The molecule has 0 radical (unpaired) electrons. The molecule has 2 aliphatic heterocycles. The van der Waals surface area contributed by atoms with Crippen molar-refractivity contribution in [3.8, 4) is 0 Å². The number of benzene rings is 1. The van der Waals surface area contributed by atoms with Crippen LogP contribution in [0, 0.1) is 0 Å². The highest BCUT2D eigenvalue weighted by atomic mass is 16.6. The van der Waals surface area contributed by atoms with E-state index in [1.54, 1.807) is 6.92 Å². The van der Waals surface area contributed by atoms with Crippen molar-refractivity contribution in [3.05, 3.63) is 35.9 Å². The number of nitrogens with zero attached hydrogens (tertiary/aromatic N) is 2. The maximum absolute atomic E-state index is 12.7. The predicted octanol–water partition coefficient (Wildman–Crippen LogP) is 3.23. The Hall–Kier alpha value is -1.88. The molecule has 2 fully saturated rings. The van der Waals surface area contributed by atoms with Gasteiger partial charge in [0.15, 0.2) is 0 Å². The summed E-state index contributed by atoms with van der Waals surface area (Å²) >= 11 is 0. The van der Waals surface area contributed by atoms with E-state index in [-0.39, 0.29) is 30.0 Å². The number of hydrogen-bond acceptors (Lipinski definition) is 4. The number of ketones is 1. The van der Waals surface area contributed by atoms with Gasteiger partial charge in [0.2, 0.25) is 0 Å². The van der Waals surface area contributed by atoms with E-state index in [2.05, 4.69) is 17.0 Å². The average Bonchev–Trinajstić information content (AvgIpc) is 2.81. The van der Waals surface area contributed by atoms with Crippen LogP contribution in [0.1, 0.15) is 46.1 Å². The Balaban J connectivity index is 1.81. The normalized spacial score (nSPS) is 26.6. The van der Waals surface area contributed by atoms with Crippen LogP contribution in [0.15, 0.2) is 30.3 Å². The number of fused-ring (bicyclic) bond motifs is 2. The summed E-state index contributed by atoms with van der Waals surface area (Å²) in [6.45, 7) is 8.71. The van der Waals surface area contributed by atoms with Crippen LogP contribution in [0.4, 0.5) is 4.79 Å². The highest BCUT2D eigenvalue weighted by molar-refractivity contribution is 5.84. The molecule has 0 aromatic heterocycles. The van der Waals surface area contributed by atoms with Crippen LogP contribution >= 0.6 is 0 Å². The summed E-state index contributed by atoms with van der Waals surface area (Å²) in [5.74, 6) is 0.120. The third-order valence-corrected chi connectivity index (χ3v) is 5.00. The number of hydrogen-bond donors (Lipinski definition) is 0. The molecule has 3 atom stereocenters. The van der Waals surface area contributed by atoms with E-state index in [9.17, 15) is 9.59 Å². The summed E-state index contributed by atoms with van der Waals surface area (Å²) < 4.78 is 5.60. The van der Waals surface area contributed by atoms with Crippen molar-refractivity contribution in [1.82, 2.24) is 9.80 Å². The molecule has 1 aromatic rings. The molecular formula is C20H28N2O3. The zero-order chi connectivity index (χ0) is 18.2. The lowest BCUT2D eigenvalue weighted by Crippen LogP contribution is -2.63. The highest BCUT2D eigenvalue weighted by Crippen LogP contribution is 2.36. The molecule has 0 unspecified atom stereocenters. The first-order valence-corrected chi connectivity index (χ1v) is 9.06. The Bertz CT molecular complexity index is 638. The van der Waals surface area contributed by atoms with Gasteiger partial charge in [-0.2, -0.15) is 0 Å². The fraction of sp³-hybridized carbons (Fsp3) is 0.600. The number of Topliss-reactive ketones (excluding diaryl/α,β-unsaturated/α-hetero) is 1. The largest absolute Gasteiger partial charge is 0.444 e. The van der Waals surface area contributed by atoms with Gasteiger partial charge in [-0.05, 0) is 46.1 Å². The first kappa shape index (κ1) is 17.9. The molecule has 1 amide bonds. The van der Waals surface area contributed by atoms with Gasteiger partial charge in [-0.3, -0.25) is 14.6 Å². The fourth-order valence-electron chi connectivity index (χ4n) is 4.14. The van der Waals surface area contributed by atoms with Crippen LogP contribution in [0.5, 0.6) is 0 Å². The summed E-state index contributed by atoms with van der Waals surface area (Å²) in [5, 5.41) is 0. The van der Waals surface area contributed by atoms with Gasteiger partial charge in [0.25, 0.3) is 0 Å². The maximum Gasteiger partial charge on any atom is 0.410 e. The molecule has 5 heteroatoms. The Kier molecular flexibility index (Phi) is 4.87. The van der Waals surface area contributed by atoms with Crippen LogP contribution < -0.4 is 0 Å². The molecule has 25 heavy (non-hydrogen) atoms. The first-order valence-electron chi connectivity index (χ1n) is 9.06. The number of rotatable bonds is 3. The van der Waals surface area contributed by atoms with Gasteiger partial charge in [-0.15, -0.1) is 0 Å². The topological polar surface area (TPSA) is 49.9 Å². The van der Waals surface area contributed by atoms with Crippen LogP contribution in [0.25, 0.3) is 0 Å². The molecule has 2 aliphatic rings. The number of likely N-dealkylation sites (tertiary alicyclic amines) is 1. The molecule has 136 valence electrons. The smallest absolute Gasteiger partial charge is 0.410 e. The fourth-order valence-corrected chi connectivity index (χ4v) is 4.14. The van der Waals surface area contributed by atoms with Gasteiger partial charge in [0.05, 0.1) is 12.1 Å². The second-order valence-corrected chi connectivity index (χ2v) is 8.16. The third-order valence-electron chi connectivity index (χ3n) is 5.00. The number of amides is 1. The van der Waals surface area contributed by atoms with E-state index < -0.39 is 5.60 Å². The summed E-state index contributed by atoms with van der Waals surface area (Å²) in [7, 11) is 0. The first-order chi connectivity index (χ1) is 11.8. The number of ether oxygens (including phenoxy) is 1. The zero-order valence-electron chi connectivity index (χ0n) is 15.6. The molecule has 2 heterocycles. The molecule has 0 saturated carbocycles. The van der Waals surface area contributed by atoms with Gasteiger partial charge < -0.3 is 4.74 Å². The molecule has 0 aliphatic carbocycles. The van der Waals surface area contributed by atoms with Crippen molar-refractivity contribution in [2.24, 2.45) is 0 Å². The minimum atomic E-state index is -0.524. The van der Waals surface area contributed by atoms with E-state index in [1.165, 1.54) is 5.56 Å². The van der Waals surface area contributed by atoms with Crippen molar-refractivity contribution < 1.29 is 14.3 Å². The van der Waals surface area contributed by atoms with E-state index in [1.807, 2.05) is 43.9 Å². The second kappa shape index (κ2) is 6.79. The Morgan fingerprint density at radius 1 is 1.16 bits per heavy atom. The molecule has 0 N–H and O–H groups in total. The van der Waals surface area contributed by atoms with Gasteiger partial charge in [0.1, 0.15) is 11.4 Å². The highest BCUT2D eigenvalue weighted by Gasteiger charge is 2.50. The van der Waals surface area contributed by atoms with E-state index >= 15 is 0 Å². The van der Waals surface area contributed by atoms with Gasteiger partial charge >= 0.3 is 6.09 Å². The lowest BCUT2D eigenvalue weighted by atomic mass is 9.98. The third kappa shape index (κ3) is 3.87. The molecular weight excluding hydrogens is 316 g/mol. The van der Waals surface area contributed by atoms with E-state index in [0.29, 0.717) is 0 Å². The maximum atomic E-state index is 12.7. The van der Waals surface area contributed by atoms with E-state index in [0.717, 1.165) is 25.9 Å². The Labute approximate surface area is 149 Å². The zero-order valence-corrected chi connectivity index (χ0v) is 15.6. The summed E-state index contributed by atoms with van der Waals surface area (Å²) in [6, 6.07) is 9.97. The number of carbonyl (C=O) groups excluding carboxylic acids is 2. The van der Waals surface area contributed by atoms with Gasteiger partial charge in [-0.25, -0.2) is 4.79 Å². The van der Waals surface area contributed by atoms with Crippen molar-refractivity contribution in [3.63, 3.8) is 0 Å². The average molecular weight is 344 g/mol. The van der Waals surface area contributed by atoms with Gasteiger partial charge in [-0.1, -0.05) is 30.3 Å². The Morgan fingerprint density at radius 2 is 1.84 bits per heavy atom. The van der Waals surface area contributed by atoms with Crippen LogP contribution in [-0.2, 0) is 16.1 Å². The monoisotopic (exact) mass is 344 g/mol. The molecule has 5 nitrogen and oxygen atoms in total. The van der Waals surface area contributed by atoms with Crippen molar-refractivity contribution in [1.29, 1.82) is 0 Å². The summed E-state index contributed by atoms with van der Waals surface area (Å²) in [4.78, 5) is 29.2. The van der Waals surface area contributed by atoms with Crippen molar-refractivity contribution in [2.75, 3.05) is 6.54 Å². The lowest BCUT2D eigenvalue weighted by molar-refractivity contribution is -0.127. The molecule has 2 saturated heterocycles. The van der Waals surface area contributed by atoms with Crippen molar-refractivity contribution in [2.45, 2.75) is 70.8 Å². The SMILES string of the molecule is CC(=O)[C@@H]1[C@@H]2CC[C@@H](CN1Cc1ccccc1)N2C(=O)OC(C)(C)C. The second-order valence-electron chi connectivity index (χ2n) is 8.16. The standard InChI is InChI=1S/C20H28N2O3/c1-14(23)18-17-11-10-16(22(17)19(24)25-20(2,3)4)13-21(18)12-15-8-6-5-7-9-15/h5-9,16-18H,10-13H2,1-4H3/t16-,17-,18+/m0/s1. The number of carbonyl (C=O) groups is 2. The quantitative estimate of drug-likeness (QED) is 0.845. The molecule has 3 rings (SSSR count). The van der Waals surface area contributed by atoms with Crippen molar-refractivity contribution >= 4 is 11.9 Å². The van der Waals surface area contributed by atoms with Crippen LogP contribution in [-0.4, -0.2) is 51.9 Å². The minimum absolute atomic E-state index is 0.0881. The molecule has 0 spiro atoms. The molecule has 1 aromatic carbocycles. The van der Waals surface area contributed by atoms with Crippen LogP contribution in [0.3, 0.4) is 0 Å². The predicted molar refractivity (Wildman–Crippen MR) is 96.2 cm³/mol. The Morgan fingerprint density at radius 3 is 2.44 bits per heavy atom.